The lowest BCUT2D eigenvalue weighted by atomic mass is 10.1. The number of rotatable bonds is 6. The Morgan fingerprint density at radius 3 is 2.76 bits per heavy atom. The monoisotopic (exact) mass is 241 g/mol. The minimum Gasteiger partial charge on any atom is -0.508 e. The maximum atomic E-state index is 13.0. The first kappa shape index (κ1) is 13.9. The van der Waals surface area contributed by atoms with Crippen molar-refractivity contribution in [1.29, 1.82) is 0 Å². The first-order chi connectivity index (χ1) is 7.94. The molecule has 0 amide bonds. The Morgan fingerprint density at radius 1 is 1.41 bits per heavy atom. The quantitative estimate of drug-likeness (QED) is 0.803. The van der Waals surface area contributed by atoms with Crippen molar-refractivity contribution < 1.29 is 14.2 Å². The minimum absolute atomic E-state index is 0.105. The molecule has 17 heavy (non-hydrogen) atoms. The van der Waals surface area contributed by atoms with Crippen molar-refractivity contribution in [2.75, 3.05) is 13.2 Å². The third-order valence-corrected chi connectivity index (χ3v) is 2.44. The molecule has 0 radical (unpaired) electrons. The number of hydrogen-bond donors (Lipinski definition) is 2. The molecule has 0 atom stereocenters. The molecule has 96 valence electrons. The van der Waals surface area contributed by atoms with Crippen LogP contribution in [0.25, 0.3) is 0 Å². The fourth-order valence-corrected chi connectivity index (χ4v) is 1.64. The van der Waals surface area contributed by atoms with Gasteiger partial charge in [0.1, 0.15) is 11.6 Å². The molecule has 4 heteroatoms. The molecule has 0 bridgehead atoms. The van der Waals surface area contributed by atoms with Gasteiger partial charge in [-0.25, -0.2) is 4.39 Å². The predicted octanol–water partition coefficient (Wildman–Crippen LogP) is 2.44. The van der Waals surface area contributed by atoms with Gasteiger partial charge in [0.15, 0.2) is 0 Å². The van der Waals surface area contributed by atoms with Gasteiger partial charge in [-0.2, -0.15) is 0 Å². The normalized spacial score (nSPS) is 11.8. The molecule has 1 aromatic rings. The van der Waals surface area contributed by atoms with Crippen LogP contribution in [-0.4, -0.2) is 23.9 Å². The number of nitrogens with one attached hydrogen (secondary N) is 1. The Hall–Kier alpha value is -1.13. The number of benzene rings is 1. The summed E-state index contributed by atoms with van der Waals surface area (Å²) < 4.78 is 18.5. The van der Waals surface area contributed by atoms with Crippen LogP contribution in [0.2, 0.25) is 0 Å². The summed E-state index contributed by atoms with van der Waals surface area (Å²) in [6.45, 7) is 7.61. The zero-order valence-electron chi connectivity index (χ0n) is 10.6. The number of aromatic hydroxyl groups is 1. The molecule has 1 aromatic carbocycles. The van der Waals surface area contributed by atoms with Crippen LogP contribution in [-0.2, 0) is 11.3 Å². The van der Waals surface area contributed by atoms with Crippen LogP contribution < -0.4 is 5.32 Å². The topological polar surface area (TPSA) is 41.5 Å². The molecule has 0 aliphatic rings. The van der Waals surface area contributed by atoms with Crippen molar-refractivity contribution in [3.05, 3.63) is 29.6 Å². The van der Waals surface area contributed by atoms with E-state index in [-0.39, 0.29) is 17.2 Å². The summed E-state index contributed by atoms with van der Waals surface area (Å²) in [6.07, 6.45) is 0. The highest BCUT2D eigenvalue weighted by Crippen LogP contribution is 2.17. The van der Waals surface area contributed by atoms with Gasteiger partial charge in [-0.3, -0.25) is 0 Å². The number of phenolic OH excluding ortho intramolecular Hbond substituents is 1. The second-order valence-electron chi connectivity index (χ2n) is 4.57. The van der Waals surface area contributed by atoms with Gasteiger partial charge >= 0.3 is 0 Å². The summed E-state index contributed by atoms with van der Waals surface area (Å²) in [6, 6.07) is 3.93. The molecule has 0 saturated carbocycles. The van der Waals surface area contributed by atoms with Crippen molar-refractivity contribution in [1.82, 2.24) is 5.32 Å². The lowest BCUT2D eigenvalue weighted by Crippen LogP contribution is -2.37. The Balaban J connectivity index is 2.48. The van der Waals surface area contributed by atoms with Gasteiger partial charge in [-0.15, -0.1) is 0 Å². The van der Waals surface area contributed by atoms with Gasteiger partial charge in [0.25, 0.3) is 0 Å². The highest BCUT2D eigenvalue weighted by molar-refractivity contribution is 5.32. The van der Waals surface area contributed by atoms with E-state index in [1.165, 1.54) is 18.2 Å². The predicted molar refractivity (Wildman–Crippen MR) is 65.5 cm³/mol. The Labute approximate surface area is 102 Å². The van der Waals surface area contributed by atoms with Crippen molar-refractivity contribution in [2.24, 2.45) is 0 Å². The molecule has 0 aliphatic heterocycles. The van der Waals surface area contributed by atoms with Crippen LogP contribution >= 0.6 is 0 Å². The second-order valence-corrected chi connectivity index (χ2v) is 4.57. The molecule has 0 spiro atoms. The fourth-order valence-electron chi connectivity index (χ4n) is 1.64. The van der Waals surface area contributed by atoms with Gasteiger partial charge in [0.2, 0.25) is 0 Å². The summed E-state index contributed by atoms with van der Waals surface area (Å²) in [5, 5.41) is 12.7. The van der Waals surface area contributed by atoms with Crippen LogP contribution in [0.3, 0.4) is 0 Å². The molecule has 0 unspecified atom stereocenters. The highest BCUT2D eigenvalue weighted by atomic mass is 19.1. The third-order valence-electron chi connectivity index (χ3n) is 2.44. The van der Waals surface area contributed by atoms with E-state index in [0.29, 0.717) is 25.3 Å². The molecule has 1 rings (SSSR count). The lowest BCUT2D eigenvalue weighted by molar-refractivity contribution is -0.00900. The van der Waals surface area contributed by atoms with Gasteiger partial charge in [0, 0.05) is 25.3 Å². The van der Waals surface area contributed by atoms with Crippen LogP contribution in [0.1, 0.15) is 26.3 Å². The van der Waals surface area contributed by atoms with Gasteiger partial charge < -0.3 is 15.2 Å². The number of halogens is 1. The maximum Gasteiger partial charge on any atom is 0.123 e. The summed E-state index contributed by atoms with van der Waals surface area (Å²) in [7, 11) is 0. The number of ether oxygens (including phenoxy) is 1. The lowest BCUT2D eigenvalue weighted by Gasteiger charge is -2.25. The molecule has 0 saturated heterocycles. The van der Waals surface area contributed by atoms with Crippen molar-refractivity contribution in [3.63, 3.8) is 0 Å². The van der Waals surface area contributed by atoms with Gasteiger partial charge in [-0.05, 0) is 39.0 Å². The Morgan fingerprint density at radius 2 is 2.12 bits per heavy atom. The molecule has 0 heterocycles. The van der Waals surface area contributed by atoms with Crippen LogP contribution in [0.4, 0.5) is 4.39 Å². The average molecular weight is 241 g/mol. The van der Waals surface area contributed by atoms with Crippen molar-refractivity contribution in [2.45, 2.75) is 32.9 Å². The molecular weight excluding hydrogens is 221 g/mol. The Bertz CT molecular complexity index is 366. The van der Waals surface area contributed by atoms with E-state index in [0.717, 1.165) is 0 Å². The van der Waals surface area contributed by atoms with Gasteiger partial charge in [-0.1, -0.05) is 0 Å². The highest BCUT2D eigenvalue weighted by Gasteiger charge is 2.16. The largest absolute Gasteiger partial charge is 0.508 e. The van der Waals surface area contributed by atoms with Crippen LogP contribution in [0.5, 0.6) is 5.75 Å². The number of phenols is 1. The van der Waals surface area contributed by atoms with Crippen LogP contribution in [0, 0.1) is 5.82 Å². The molecule has 0 aromatic heterocycles. The van der Waals surface area contributed by atoms with E-state index < -0.39 is 0 Å². The van der Waals surface area contributed by atoms with Crippen molar-refractivity contribution >= 4 is 0 Å². The Kier molecular flexibility index (Phi) is 4.90. The first-order valence-corrected chi connectivity index (χ1v) is 5.76. The van der Waals surface area contributed by atoms with Gasteiger partial charge in [0.05, 0.1) is 5.60 Å². The zero-order valence-corrected chi connectivity index (χ0v) is 10.6. The average Bonchev–Trinajstić information content (AvgIpc) is 2.23. The summed E-state index contributed by atoms with van der Waals surface area (Å²) in [5.74, 6) is -0.239. The molecule has 0 fully saturated rings. The summed E-state index contributed by atoms with van der Waals surface area (Å²) in [4.78, 5) is 0. The summed E-state index contributed by atoms with van der Waals surface area (Å²) >= 11 is 0. The first-order valence-electron chi connectivity index (χ1n) is 5.76. The molecular formula is C13H20FNO2. The third kappa shape index (κ3) is 4.71. The molecule has 3 nitrogen and oxygen atoms in total. The van der Waals surface area contributed by atoms with E-state index in [1.54, 1.807) is 0 Å². The van der Waals surface area contributed by atoms with E-state index >= 15 is 0 Å². The van der Waals surface area contributed by atoms with E-state index in [2.05, 4.69) is 5.32 Å². The molecule has 0 aliphatic carbocycles. The maximum absolute atomic E-state index is 13.0. The van der Waals surface area contributed by atoms with Crippen molar-refractivity contribution in [3.8, 4) is 5.75 Å². The minimum atomic E-state index is -0.344. The molecule has 2 N–H and O–H groups in total. The smallest absolute Gasteiger partial charge is 0.123 e. The standard InChI is InChI=1S/C13H20FNO2/c1-4-17-13(2,3)9-15-8-10-7-11(14)5-6-12(10)16/h5-7,15-16H,4,8-9H2,1-3H3. The van der Waals surface area contributed by atoms with Crippen LogP contribution in [0.15, 0.2) is 18.2 Å². The zero-order chi connectivity index (χ0) is 12.9. The number of hydrogen-bond acceptors (Lipinski definition) is 3. The second kappa shape index (κ2) is 5.98. The summed E-state index contributed by atoms with van der Waals surface area (Å²) in [5.41, 5.74) is 0.287. The van der Waals surface area contributed by atoms with E-state index in [9.17, 15) is 9.50 Å². The van der Waals surface area contributed by atoms with E-state index in [4.69, 9.17) is 4.74 Å². The van der Waals surface area contributed by atoms with E-state index in [1.807, 2.05) is 20.8 Å². The fraction of sp³-hybridized carbons (Fsp3) is 0.538. The SMILES string of the molecule is CCOC(C)(C)CNCc1cc(F)ccc1O.